The van der Waals surface area contributed by atoms with Crippen LogP contribution in [0.4, 0.5) is 0 Å². The average Bonchev–Trinajstić information content (AvgIpc) is 3.02. The molecular formula is C20H24N2O2. The van der Waals surface area contributed by atoms with Crippen LogP contribution in [0.5, 0.6) is 0 Å². The standard InChI is InChI=1S/C20H24N2O2/c1-24-18-8-4-9-20(18)10-5-11-22(14-20)19(23)17-12-15-6-2-3-7-16(15)13-21-17/h2-3,6-7,12-13,18H,4-5,8-11,14H2,1H3/t18-,20-/m1/s1. The van der Waals surface area contributed by atoms with E-state index >= 15 is 0 Å². The van der Waals surface area contributed by atoms with Crippen molar-refractivity contribution in [3.05, 3.63) is 42.2 Å². The molecule has 24 heavy (non-hydrogen) atoms. The zero-order chi connectivity index (χ0) is 16.6. The minimum atomic E-state index is 0.0570. The fraction of sp³-hybridized carbons (Fsp3) is 0.500. The molecule has 2 fully saturated rings. The van der Waals surface area contributed by atoms with Crippen LogP contribution in [0.25, 0.3) is 10.8 Å². The third-order valence-corrected chi connectivity index (χ3v) is 5.85. The summed E-state index contributed by atoms with van der Waals surface area (Å²) >= 11 is 0. The molecule has 2 aromatic rings. The number of fused-ring (bicyclic) bond motifs is 1. The molecule has 1 saturated carbocycles. The molecule has 4 nitrogen and oxygen atoms in total. The number of rotatable bonds is 2. The van der Waals surface area contributed by atoms with Crippen LogP contribution in [0.2, 0.25) is 0 Å². The molecule has 1 aromatic carbocycles. The van der Waals surface area contributed by atoms with Crippen LogP contribution in [-0.2, 0) is 4.74 Å². The van der Waals surface area contributed by atoms with E-state index in [1.807, 2.05) is 42.3 Å². The maximum atomic E-state index is 13.0. The van der Waals surface area contributed by atoms with Gasteiger partial charge in [0.05, 0.1) is 6.10 Å². The molecule has 1 saturated heterocycles. The second-order valence-electron chi connectivity index (χ2n) is 7.23. The zero-order valence-electron chi connectivity index (χ0n) is 14.2. The molecule has 1 amide bonds. The number of likely N-dealkylation sites (tertiary alicyclic amines) is 1. The number of carbonyl (C=O) groups excluding carboxylic acids is 1. The quantitative estimate of drug-likeness (QED) is 0.847. The number of methoxy groups -OCH3 is 1. The monoisotopic (exact) mass is 324 g/mol. The fourth-order valence-corrected chi connectivity index (χ4v) is 4.64. The molecular weight excluding hydrogens is 300 g/mol. The minimum Gasteiger partial charge on any atom is -0.381 e. The first-order chi connectivity index (χ1) is 11.7. The van der Waals surface area contributed by atoms with Gasteiger partial charge in [0.15, 0.2) is 0 Å². The lowest BCUT2D eigenvalue weighted by atomic mass is 9.76. The summed E-state index contributed by atoms with van der Waals surface area (Å²) in [7, 11) is 1.81. The van der Waals surface area contributed by atoms with Crippen molar-refractivity contribution in [2.45, 2.75) is 38.2 Å². The summed E-state index contributed by atoms with van der Waals surface area (Å²) in [6.45, 7) is 1.63. The van der Waals surface area contributed by atoms with Crippen molar-refractivity contribution in [2.75, 3.05) is 20.2 Å². The third kappa shape index (κ3) is 2.59. The number of nitrogens with zero attached hydrogens (tertiary/aromatic N) is 2. The van der Waals surface area contributed by atoms with E-state index in [0.29, 0.717) is 5.69 Å². The number of benzene rings is 1. The summed E-state index contributed by atoms with van der Waals surface area (Å²) in [6, 6.07) is 9.96. The Morgan fingerprint density at radius 3 is 2.88 bits per heavy atom. The van der Waals surface area contributed by atoms with E-state index in [0.717, 1.165) is 36.7 Å². The van der Waals surface area contributed by atoms with Gasteiger partial charge in [0.1, 0.15) is 5.69 Å². The molecule has 4 rings (SSSR count). The highest BCUT2D eigenvalue weighted by molar-refractivity contribution is 5.96. The highest BCUT2D eigenvalue weighted by Crippen LogP contribution is 2.46. The molecule has 2 aliphatic rings. The Hall–Kier alpha value is -1.94. The van der Waals surface area contributed by atoms with Crippen molar-refractivity contribution in [3.63, 3.8) is 0 Å². The van der Waals surface area contributed by atoms with Crippen LogP contribution < -0.4 is 0 Å². The number of pyridine rings is 1. The fourth-order valence-electron chi connectivity index (χ4n) is 4.64. The zero-order valence-corrected chi connectivity index (χ0v) is 14.2. The highest BCUT2D eigenvalue weighted by atomic mass is 16.5. The molecule has 0 radical (unpaired) electrons. The topological polar surface area (TPSA) is 42.4 Å². The predicted molar refractivity (Wildman–Crippen MR) is 94.0 cm³/mol. The van der Waals surface area contributed by atoms with Crippen molar-refractivity contribution < 1.29 is 9.53 Å². The van der Waals surface area contributed by atoms with E-state index in [2.05, 4.69) is 4.98 Å². The van der Waals surface area contributed by atoms with E-state index in [-0.39, 0.29) is 17.4 Å². The van der Waals surface area contributed by atoms with Gasteiger partial charge in [-0.2, -0.15) is 0 Å². The first kappa shape index (κ1) is 15.6. The maximum Gasteiger partial charge on any atom is 0.272 e. The summed E-state index contributed by atoms with van der Waals surface area (Å²) in [4.78, 5) is 19.4. The summed E-state index contributed by atoms with van der Waals surface area (Å²) in [6.07, 6.45) is 7.80. The molecule has 2 atom stereocenters. The molecule has 1 aromatic heterocycles. The van der Waals surface area contributed by atoms with Gasteiger partial charge in [0, 0.05) is 37.2 Å². The molecule has 1 aliphatic carbocycles. The lowest BCUT2D eigenvalue weighted by molar-refractivity contribution is -0.0296. The van der Waals surface area contributed by atoms with E-state index in [9.17, 15) is 4.79 Å². The van der Waals surface area contributed by atoms with Crippen molar-refractivity contribution >= 4 is 16.7 Å². The maximum absolute atomic E-state index is 13.0. The lowest BCUT2D eigenvalue weighted by Crippen LogP contribution is -2.50. The van der Waals surface area contributed by atoms with Crippen LogP contribution in [0.3, 0.4) is 0 Å². The van der Waals surface area contributed by atoms with E-state index in [1.165, 1.54) is 19.3 Å². The van der Waals surface area contributed by atoms with Crippen LogP contribution >= 0.6 is 0 Å². The SMILES string of the molecule is CO[C@@H]1CCC[C@]12CCCN(C(=O)c1cc3ccccc3cn1)C2. The van der Waals surface area contributed by atoms with Gasteiger partial charge in [0.2, 0.25) is 0 Å². The van der Waals surface area contributed by atoms with E-state index < -0.39 is 0 Å². The summed E-state index contributed by atoms with van der Waals surface area (Å²) < 4.78 is 5.74. The number of aromatic nitrogens is 1. The van der Waals surface area contributed by atoms with Gasteiger partial charge in [-0.05, 0) is 37.1 Å². The lowest BCUT2D eigenvalue weighted by Gasteiger charge is -2.43. The molecule has 1 aliphatic heterocycles. The smallest absolute Gasteiger partial charge is 0.272 e. The molecule has 1 spiro atoms. The van der Waals surface area contributed by atoms with Crippen molar-refractivity contribution in [3.8, 4) is 0 Å². The predicted octanol–water partition coefficient (Wildman–Crippen LogP) is 3.66. The number of ether oxygens (including phenoxy) is 1. The molecule has 126 valence electrons. The van der Waals surface area contributed by atoms with Gasteiger partial charge in [0.25, 0.3) is 5.91 Å². The Balaban J connectivity index is 1.59. The van der Waals surface area contributed by atoms with Gasteiger partial charge >= 0.3 is 0 Å². The van der Waals surface area contributed by atoms with Gasteiger partial charge in [-0.25, -0.2) is 0 Å². The highest BCUT2D eigenvalue weighted by Gasteiger charge is 2.46. The Kier molecular flexibility index (Phi) is 4.01. The number of hydrogen-bond donors (Lipinski definition) is 0. The molecule has 2 heterocycles. The molecule has 0 bridgehead atoms. The largest absolute Gasteiger partial charge is 0.381 e. The van der Waals surface area contributed by atoms with Crippen LogP contribution in [0.1, 0.15) is 42.6 Å². The summed E-state index contributed by atoms with van der Waals surface area (Å²) in [5.74, 6) is 0.0570. The first-order valence-electron chi connectivity index (χ1n) is 8.89. The molecule has 0 unspecified atom stereocenters. The second-order valence-corrected chi connectivity index (χ2v) is 7.23. The Bertz CT molecular complexity index is 760. The van der Waals surface area contributed by atoms with Crippen molar-refractivity contribution in [1.29, 1.82) is 0 Å². The van der Waals surface area contributed by atoms with Gasteiger partial charge in [-0.3, -0.25) is 9.78 Å². The number of amides is 1. The number of hydrogen-bond acceptors (Lipinski definition) is 3. The number of carbonyl (C=O) groups is 1. The normalized spacial score (nSPS) is 27.0. The average molecular weight is 324 g/mol. The Morgan fingerprint density at radius 2 is 2.04 bits per heavy atom. The second kappa shape index (κ2) is 6.17. The van der Waals surface area contributed by atoms with E-state index in [4.69, 9.17) is 4.74 Å². The minimum absolute atomic E-state index is 0.0570. The Labute approximate surface area is 142 Å². The Morgan fingerprint density at radius 1 is 1.25 bits per heavy atom. The van der Waals surface area contributed by atoms with Gasteiger partial charge < -0.3 is 9.64 Å². The van der Waals surface area contributed by atoms with Crippen LogP contribution in [0.15, 0.2) is 36.5 Å². The van der Waals surface area contributed by atoms with Crippen molar-refractivity contribution in [1.82, 2.24) is 9.88 Å². The third-order valence-electron chi connectivity index (χ3n) is 5.85. The number of piperidine rings is 1. The molecule has 0 N–H and O–H groups in total. The van der Waals surface area contributed by atoms with Crippen LogP contribution in [-0.4, -0.2) is 42.1 Å². The van der Waals surface area contributed by atoms with Gasteiger partial charge in [-0.1, -0.05) is 30.7 Å². The van der Waals surface area contributed by atoms with Gasteiger partial charge in [-0.15, -0.1) is 0 Å². The van der Waals surface area contributed by atoms with Crippen LogP contribution in [0, 0.1) is 5.41 Å². The van der Waals surface area contributed by atoms with E-state index in [1.54, 1.807) is 6.20 Å². The summed E-state index contributed by atoms with van der Waals surface area (Å²) in [5.41, 5.74) is 0.706. The first-order valence-corrected chi connectivity index (χ1v) is 8.89. The van der Waals surface area contributed by atoms with Crippen molar-refractivity contribution in [2.24, 2.45) is 5.41 Å². The molecule has 4 heteroatoms. The summed E-state index contributed by atoms with van der Waals surface area (Å²) in [5, 5.41) is 2.14.